The minimum atomic E-state index is 0.622. The van der Waals surface area contributed by atoms with Gasteiger partial charge in [-0.1, -0.05) is 26.0 Å². The monoisotopic (exact) mass is 175 g/mol. The van der Waals surface area contributed by atoms with Crippen LogP contribution in [-0.2, 0) is 6.42 Å². The Balaban J connectivity index is 3.20. The molecule has 0 atom stereocenters. The second-order valence-corrected chi connectivity index (χ2v) is 4.04. The molecule has 0 heteroatoms. The maximum Gasteiger partial charge on any atom is -0.0219 e. The highest BCUT2D eigenvalue weighted by Crippen LogP contribution is 2.22. The van der Waals surface area contributed by atoms with E-state index in [9.17, 15) is 0 Å². The average Bonchev–Trinajstić information content (AvgIpc) is 2.03. The van der Waals surface area contributed by atoms with Gasteiger partial charge in [0.25, 0.3) is 0 Å². The summed E-state index contributed by atoms with van der Waals surface area (Å²) in [4.78, 5) is 0. The molecule has 0 unspecified atom stereocenters. The van der Waals surface area contributed by atoms with Crippen LogP contribution >= 0.6 is 0 Å². The molecule has 1 radical (unpaired) electrons. The molecule has 0 aromatic heterocycles. The standard InChI is InChI=1S/C13H19/c1-6-13-10(4)7-12(9(2)3)8-11(13)5/h7-9H,1,6H2,2-5H3. The van der Waals surface area contributed by atoms with Crippen LogP contribution in [0.5, 0.6) is 0 Å². The van der Waals surface area contributed by atoms with Crippen molar-refractivity contribution in [3.05, 3.63) is 41.3 Å². The van der Waals surface area contributed by atoms with E-state index in [1.165, 1.54) is 22.3 Å². The molecule has 1 rings (SSSR count). The van der Waals surface area contributed by atoms with Crippen LogP contribution in [0, 0.1) is 20.8 Å². The molecule has 0 aliphatic rings. The Morgan fingerprint density at radius 3 is 1.92 bits per heavy atom. The number of benzene rings is 1. The molecule has 0 saturated carbocycles. The zero-order valence-corrected chi connectivity index (χ0v) is 9.15. The second-order valence-electron chi connectivity index (χ2n) is 4.04. The average molecular weight is 175 g/mol. The Morgan fingerprint density at radius 1 is 1.15 bits per heavy atom. The molecule has 13 heavy (non-hydrogen) atoms. The summed E-state index contributed by atoms with van der Waals surface area (Å²) in [6.07, 6.45) is 0.899. The molecule has 0 bridgehead atoms. The van der Waals surface area contributed by atoms with Crippen molar-refractivity contribution in [1.29, 1.82) is 0 Å². The molecule has 0 spiro atoms. The summed E-state index contributed by atoms with van der Waals surface area (Å²) in [5.41, 5.74) is 5.62. The molecule has 0 nitrogen and oxygen atoms in total. The van der Waals surface area contributed by atoms with Crippen molar-refractivity contribution in [3.8, 4) is 0 Å². The van der Waals surface area contributed by atoms with E-state index in [1.807, 2.05) is 0 Å². The Morgan fingerprint density at radius 2 is 1.62 bits per heavy atom. The zero-order chi connectivity index (χ0) is 10.0. The molecule has 71 valence electrons. The van der Waals surface area contributed by atoms with Crippen molar-refractivity contribution >= 4 is 0 Å². The molecular weight excluding hydrogens is 156 g/mol. The first-order valence-corrected chi connectivity index (χ1v) is 4.95. The highest BCUT2D eigenvalue weighted by atomic mass is 14.1. The smallest absolute Gasteiger partial charge is 0.0219 e. The van der Waals surface area contributed by atoms with Crippen LogP contribution in [0.2, 0.25) is 0 Å². The molecule has 1 aromatic carbocycles. The molecule has 0 heterocycles. The Labute approximate surface area is 82.0 Å². The van der Waals surface area contributed by atoms with E-state index in [0.29, 0.717) is 5.92 Å². The number of hydrogen-bond donors (Lipinski definition) is 0. The summed E-state index contributed by atoms with van der Waals surface area (Å²) in [6.45, 7) is 12.8. The number of hydrogen-bond acceptors (Lipinski definition) is 0. The third-order valence-electron chi connectivity index (χ3n) is 2.64. The summed E-state index contributed by atoms with van der Waals surface area (Å²) in [6, 6.07) is 4.58. The topological polar surface area (TPSA) is 0 Å². The molecule has 0 fully saturated rings. The third kappa shape index (κ3) is 2.12. The predicted octanol–water partition coefficient (Wildman–Crippen LogP) is 3.80. The van der Waals surface area contributed by atoms with Crippen molar-refractivity contribution in [2.75, 3.05) is 0 Å². The predicted molar refractivity (Wildman–Crippen MR) is 59.1 cm³/mol. The second kappa shape index (κ2) is 3.95. The van der Waals surface area contributed by atoms with E-state index in [-0.39, 0.29) is 0 Å². The zero-order valence-electron chi connectivity index (χ0n) is 9.15. The van der Waals surface area contributed by atoms with Crippen LogP contribution < -0.4 is 0 Å². The van der Waals surface area contributed by atoms with Crippen LogP contribution in [0.15, 0.2) is 12.1 Å². The summed E-state index contributed by atoms with van der Waals surface area (Å²) in [7, 11) is 0. The molecule has 0 N–H and O–H groups in total. The van der Waals surface area contributed by atoms with Gasteiger partial charge >= 0.3 is 0 Å². The first-order chi connectivity index (χ1) is 6.06. The fourth-order valence-corrected chi connectivity index (χ4v) is 1.75. The minimum Gasteiger partial charge on any atom is -0.0587 e. The van der Waals surface area contributed by atoms with Crippen molar-refractivity contribution < 1.29 is 0 Å². The molecular formula is C13H19. The first kappa shape index (κ1) is 10.3. The van der Waals surface area contributed by atoms with Crippen LogP contribution in [0.3, 0.4) is 0 Å². The van der Waals surface area contributed by atoms with Gasteiger partial charge in [-0.05, 0) is 55.4 Å². The van der Waals surface area contributed by atoms with E-state index in [4.69, 9.17) is 0 Å². The van der Waals surface area contributed by atoms with Gasteiger partial charge in [-0.2, -0.15) is 0 Å². The lowest BCUT2D eigenvalue weighted by Crippen LogP contribution is -1.96. The largest absolute Gasteiger partial charge is 0.0587 e. The lowest BCUT2D eigenvalue weighted by atomic mass is 9.93. The van der Waals surface area contributed by atoms with E-state index in [0.717, 1.165) is 6.42 Å². The first-order valence-electron chi connectivity index (χ1n) is 4.95. The normalized spacial score (nSPS) is 10.9. The van der Waals surface area contributed by atoms with Crippen molar-refractivity contribution in [3.63, 3.8) is 0 Å². The van der Waals surface area contributed by atoms with Crippen LogP contribution in [0.1, 0.15) is 42.0 Å². The van der Waals surface area contributed by atoms with Crippen molar-refractivity contribution in [1.82, 2.24) is 0 Å². The lowest BCUT2D eigenvalue weighted by molar-refractivity contribution is 0.860. The highest BCUT2D eigenvalue weighted by Gasteiger charge is 2.05. The Bertz CT molecular complexity index is 272. The Hall–Kier alpha value is -0.780. The maximum absolute atomic E-state index is 3.95. The minimum absolute atomic E-state index is 0.622. The van der Waals surface area contributed by atoms with Crippen molar-refractivity contribution in [2.45, 2.75) is 40.0 Å². The van der Waals surface area contributed by atoms with Crippen LogP contribution in [0.25, 0.3) is 0 Å². The third-order valence-corrected chi connectivity index (χ3v) is 2.64. The summed E-state index contributed by atoms with van der Waals surface area (Å²) >= 11 is 0. The van der Waals surface area contributed by atoms with Crippen LogP contribution in [0.4, 0.5) is 0 Å². The summed E-state index contributed by atoms with van der Waals surface area (Å²) in [5, 5.41) is 0. The summed E-state index contributed by atoms with van der Waals surface area (Å²) < 4.78 is 0. The molecule has 0 aliphatic carbocycles. The van der Waals surface area contributed by atoms with Gasteiger partial charge < -0.3 is 0 Å². The van der Waals surface area contributed by atoms with Gasteiger partial charge in [-0.25, -0.2) is 0 Å². The van der Waals surface area contributed by atoms with Crippen molar-refractivity contribution in [2.24, 2.45) is 0 Å². The quantitative estimate of drug-likeness (QED) is 0.641. The molecule has 0 aliphatic heterocycles. The van der Waals surface area contributed by atoms with Gasteiger partial charge in [0.05, 0.1) is 0 Å². The van der Waals surface area contributed by atoms with Gasteiger partial charge in [0, 0.05) is 0 Å². The SMILES string of the molecule is [CH2]Cc1c(C)cc(C(C)C)cc1C. The van der Waals surface area contributed by atoms with Gasteiger partial charge in [0.15, 0.2) is 0 Å². The van der Waals surface area contributed by atoms with Crippen LogP contribution in [-0.4, -0.2) is 0 Å². The fraction of sp³-hybridized carbons (Fsp3) is 0.462. The lowest BCUT2D eigenvalue weighted by Gasteiger charge is -2.13. The molecule has 0 saturated heterocycles. The van der Waals surface area contributed by atoms with Gasteiger partial charge in [0.2, 0.25) is 0 Å². The molecule has 1 aromatic rings. The fourth-order valence-electron chi connectivity index (χ4n) is 1.75. The molecule has 0 amide bonds. The highest BCUT2D eigenvalue weighted by molar-refractivity contribution is 5.39. The number of aryl methyl sites for hydroxylation is 2. The van der Waals surface area contributed by atoms with E-state index in [1.54, 1.807) is 0 Å². The maximum atomic E-state index is 3.95. The van der Waals surface area contributed by atoms with E-state index in [2.05, 4.69) is 46.8 Å². The summed E-state index contributed by atoms with van der Waals surface area (Å²) in [5.74, 6) is 0.622. The van der Waals surface area contributed by atoms with E-state index < -0.39 is 0 Å². The van der Waals surface area contributed by atoms with E-state index >= 15 is 0 Å². The Kier molecular flexibility index (Phi) is 3.13. The van der Waals surface area contributed by atoms with Gasteiger partial charge in [-0.15, -0.1) is 0 Å². The van der Waals surface area contributed by atoms with Gasteiger partial charge in [-0.3, -0.25) is 0 Å². The van der Waals surface area contributed by atoms with Gasteiger partial charge in [0.1, 0.15) is 0 Å². The number of rotatable bonds is 2.